The second-order valence-corrected chi connectivity index (χ2v) is 8.23. The van der Waals surface area contributed by atoms with Crippen molar-refractivity contribution in [3.05, 3.63) is 34.9 Å². The van der Waals surface area contributed by atoms with Crippen LogP contribution in [0.25, 0.3) is 0 Å². The van der Waals surface area contributed by atoms with Crippen molar-refractivity contribution in [2.24, 2.45) is 23.2 Å². The number of Topliss-reactive ketones (excluding diaryl/α,β-unsaturated/α-hetero) is 1. The number of halogens is 1. The molecule has 112 valence electrons. The molecule has 5 rings (SSSR count). The Hall–Kier alpha value is -0.820. The van der Waals surface area contributed by atoms with Gasteiger partial charge in [-0.2, -0.15) is 0 Å². The van der Waals surface area contributed by atoms with Gasteiger partial charge in [-0.05, 0) is 80.2 Å². The first-order valence-electron chi connectivity index (χ1n) is 8.41. The van der Waals surface area contributed by atoms with Gasteiger partial charge < -0.3 is 0 Å². The summed E-state index contributed by atoms with van der Waals surface area (Å²) in [5.74, 6) is 3.13. The quantitative estimate of drug-likeness (QED) is 0.669. The maximum atomic E-state index is 12.5. The average Bonchev–Trinajstić information content (AvgIpc) is 2.44. The van der Waals surface area contributed by atoms with Crippen LogP contribution in [0.15, 0.2) is 24.3 Å². The van der Waals surface area contributed by atoms with Crippen molar-refractivity contribution in [2.45, 2.75) is 51.4 Å². The van der Waals surface area contributed by atoms with Gasteiger partial charge in [-0.3, -0.25) is 4.79 Å². The lowest BCUT2D eigenvalue weighted by molar-refractivity contribution is -0.0570. The summed E-state index contributed by atoms with van der Waals surface area (Å²) in [4.78, 5) is 12.5. The van der Waals surface area contributed by atoms with Crippen molar-refractivity contribution in [3.63, 3.8) is 0 Å². The molecule has 0 radical (unpaired) electrons. The molecule has 2 heteroatoms. The minimum absolute atomic E-state index is 0.233. The number of rotatable bonds is 4. The van der Waals surface area contributed by atoms with Gasteiger partial charge in [0.15, 0.2) is 5.78 Å². The van der Waals surface area contributed by atoms with Gasteiger partial charge in [-0.1, -0.05) is 23.7 Å². The highest BCUT2D eigenvalue weighted by molar-refractivity contribution is 6.33. The van der Waals surface area contributed by atoms with E-state index in [-0.39, 0.29) is 5.78 Å². The summed E-state index contributed by atoms with van der Waals surface area (Å²) >= 11 is 6.15. The Labute approximate surface area is 132 Å². The van der Waals surface area contributed by atoms with E-state index in [9.17, 15) is 4.79 Å². The molecule has 0 spiro atoms. The van der Waals surface area contributed by atoms with Crippen LogP contribution in [0.5, 0.6) is 0 Å². The van der Waals surface area contributed by atoms with Gasteiger partial charge in [-0.25, -0.2) is 0 Å². The first kappa shape index (κ1) is 13.8. The van der Waals surface area contributed by atoms with Crippen LogP contribution in [0, 0.1) is 23.2 Å². The smallest absolute Gasteiger partial charge is 0.164 e. The molecule has 0 atom stereocenters. The fourth-order valence-corrected chi connectivity index (χ4v) is 6.04. The molecule has 4 aliphatic rings. The lowest BCUT2D eigenvalue weighted by Gasteiger charge is -2.57. The molecular formula is C19H23ClO. The molecule has 1 aromatic rings. The van der Waals surface area contributed by atoms with Crippen LogP contribution in [0.3, 0.4) is 0 Å². The van der Waals surface area contributed by atoms with Crippen LogP contribution >= 0.6 is 11.6 Å². The highest BCUT2D eigenvalue weighted by atomic mass is 35.5. The van der Waals surface area contributed by atoms with Crippen LogP contribution in [0.1, 0.15) is 61.7 Å². The molecule has 0 unspecified atom stereocenters. The normalized spacial score (nSPS) is 36.9. The number of hydrogen-bond acceptors (Lipinski definition) is 1. The number of hydrogen-bond donors (Lipinski definition) is 0. The van der Waals surface area contributed by atoms with Crippen molar-refractivity contribution in [1.82, 2.24) is 0 Å². The van der Waals surface area contributed by atoms with Crippen LogP contribution in [-0.2, 0) is 0 Å². The Morgan fingerprint density at radius 2 is 1.62 bits per heavy atom. The summed E-state index contributed by atoms with van der Waals surface area (Å²) in [6.45, 7) is 0. The second kappa shape index (κ2) is 5.12. The minimum Gasteiger partial charge on any atom is -0.294 e. The van der Waals surface area contributed by atoms with Crippen molar-refractivity contribution >= 4 is 17.4 Å². The fraction of sp³-hybridized carbons (Fsp3) is 0.632. The summed E-state index contributed by atoms with van der Waals surface area (Å²) in [6, 6.07) is 7.48. The molecule has 0 saturated heterocycles. The van der Waals surface area contributed by atoms with E-state index in [1.165, 1.54) is 38.5 Å². The zero-order valence-corrected chi connectivity index (χ0v) is 13.2. The van der Waals surface area contributed by atoms with Gasteiger partial charge in [0, 0.05) is 12.0 Å². The maximum Gasteiger partial charge on any atom is 0.164 e. The Morgan fingerprint density at radius 1 is 1.05 bits per heavy atom. The first-order chi connectivity index (χ1) is 10.1. The van der Waals surface area contributed by atoms with Gasteiger partial charge in [0.2, 0.25) is 0 Å². The van der Waals surface area contributed by atoms with Crippen LogP contribution in [0.4, 0.5) is 0 Å². The molecule has 1 aromatic carbocycles. The number of benzene rings is 1. The summed E-state index contributed by atoms with van der Waals surface area (Å²) in [5, 5.41) is 0.605. The van der Waals surface area contributed by atoms with Crippen molar-refractivity contribution in [3.8, 4) is 0 Å². The molecule has 21 heavy (non-hydrogen) atoms. The minimum atomic E-state index is 0.233. The highest BCUT2D eigenvalue weighted by Crippen LogP contribution is 2.61. The van der Waals surface area contributed by atoms with Crippen molar-refractivity contribution < 1.29 is 4.79 Å². The van der Waals surface area contributed by atoms with E-state index in [2.05, 4.69) is 0 Å². The molecule has 4 aliphatic carbocycles. The zero-order chi connectivity index (χ0) is 14.4. The summed E-state index contributed by atoms with van der Waals surface area (Å²) in [5.41, 5.74) is 1.20. The molecule has 4 fully saturated rings. The second-order valence-electron chi connectivity index (χ2n) is 7.82. The highest BCUT2D eigenvalue weighted by Gasteiger charge is 2.50. The molecule has 0 amide bonds. The number of carbonyl (C=O) groups excluding carboxylic acids is 1. The third kappa shape index (κ3) is 2.54. The van der Waals surface area contributed by atoms with Crippen LogP contribution < -0.4 is 0 Å². The van der Waals surface area contributed by atoms with E-state index in [1.807, 2.05) is 24.3 Å². The molecule has 1 nitrogen and oxygen atoms in total. The van der Waals surface area contributed by atoms with Gasteiger partial charge in [0.05, 0.1) is 5.02 Å². The largest absolute Gasteiger partial charge is 0.294 e. The Balaban J connectivity index is 1.45. The molecule has 4 saturated carbocycles. The van der Waals surface area contributed by atoms with E-state index in [0.29, 0.717) is 22.4 Å². The Bertz CT molecular complexity index is 527. The predicted octanol–water partition coefficient (Wildman–Crippen LogP) is 5.52. The van der Waals surface area contributed by atoms with Crippen LogP contribution in [0.2, 0.25) is 5.02 Å². The lowest BCUT2D eigenvalue weighted by atomic mass is 9.48. The lowest BCUT2D eigenvalue weighted by Crippen LogP contribution is -2.46. The topological polar surface area (TPSA) is 17.1 Å². The molecule has 4 bridgehead atoms. The molecule has 0 N–H and O–H groups in total. The summed E-state index contributed by atoms with van der Waals surface area (Å²) in [7, 11) is 0. The van der Waals surface area contributed by atoms with Crippen molar-refractivity contribution in [1.29, 1.82) is 0 Å². The van der Waals surface area contributed by atoms with E-state index in [4.69, 9.17) is 11.6 Å². The zero-order valence-electron chi connectivity index (χ0n) is 12.5. The third-order valence-electron chi connectivity index (χ3n) is 6.22. The SMILES string of the molecule is O=C(CCC12CC3CC(CC(C3)C1)C2)c1ccccc1Cl. The molecule has 0 heterocycles. The Morgan fingerprint density at radius 3 is 2.19 bits per heavy atom. The summed E-state index contributed by atoms with van der Waals surface area (Å²) in [6.07, 6.45) is 10.3. The van der Waals surface area contributed by atoms with Gasteiger partial charge in [-0.15, -0.1) is 0 Å². The van der Waals surface area contributed by atoms with E-state index in [1.54, 1.807) is 0 Å². The van der Waals surface area contributed by atoms with E-state index in [0.717, 1.165) is 24.2 Å². The van der Waals surface area contributed by atoms with Gasteiger partial charge >= 0.3 is 0 Å². The molecular weight excluding hydrogens is 280 g/mol. The standard InChI is InChI=1S/C19H23ClO/c20-17-4-2-1-3-16(17)18(21)5-6-19-10-13-7-14(11-19)9-15(8-13)12-19/h1-4,13-15H,5-12H2. The average molecular weight is 303 g/mol. The van der Waals surface area contributed by atoms with Crippen molar-refractivity contribution in [2.75, 3.05) is 0 Å². The maximum absolute atomic E-state index is 12.5. The Kier molecular flexibility index (Phi) is 3.37. The van der Waals surface area contributed by atoms with E-state index < -0.39 is 0 Å². The molecule has 0 aliphatic heterocycles. The monoisotopic (exact) mass is 302 g/mol. The van der Waals surface area contributed by atoms with E-state index >= 15 is 0 Å². The van der Waals surface area contributed by atoms with Gasteiger partial charge in [0.1, 0.15) is 0 Å². The number of carbonyl (C=O) groups is 1. The van der Waals surface area contributed by atoms with Gasteiger partial charge in [0.25, 0.3) is 0 Å². The first-order valence-corrected chi connectivity index (χ1v) is 8.79. The predicted molar refractivity (Wildman–Crippen MR) is 85.6 cm³/mol. The summed E-state index contributed by atoms with van der Waals surface area (Å²) < 4.78 is 0. The number of ketones is 1. The fourth-order valence-electron chi connectivity index (χ4n) is 5.80. The third-order valence-corrected chi connectivity index (χ3v) is 6.55. The molecule has 0 aromatic heterocycles. The van der Waals surface area contributed by atoms with Crippen LogP contribution in [-0.4, -0.2) is 5.78 Å².